The Bertz CT molecular complexity index is 749. The molecule has 20 heavy (non-hydrogen) atoms. The first-order chi connectivity index (χ1) is 9.52. The maximum atomic E-state index is 4.45. The van der Waals surface area contributed by atoms with Gasteiger partial charge >= 0.3 is 0 Å². The topological polar surface area (TPSA) is 83.8 Å². The molecule has 2 N–H and O–H groups in total. The summed E-state index contributed by atoms with van der Waals surface area (Å²) >= 11 is 0. The van der Waals surface area contributed by atoms with E-state index in [-0.39, 0.29) is 0 Å². The number of imidazole rings is 1. The van der Waals surface area contributed by atoms with Crippen LogP contribution < -0.4 is 5.32 Å². The SMILES string of the molecule is Cc1cc(NCc2nc(C)c(C)[nH]2)n2nc(C)nc2n1. The monoisotopic (exact) mass is 271 g/mol. The molecule has 0 aliphatic rings. The molecule has 3 rings (SSSR count). The van der Waals surface area contributed by atoms with Gasteiger partial charge in [0.25, 0.3) is 5.78 Å². The van der Waals surface area contributed by atoms with E-state index in [0.717, 1.165) is 28.7 Å². The largest absolute Gasteiger partial charge is 0.363 e. The van der Waals surface area contributed by atoms with Gasteiger partial charge in [-0.15, -0.1) is 5.10 Å². The summed E-state index contributed by atoms with van der Waals surface area (Å²) in [6.07, 6.45) is 0. The van der Waals surface area contributed by atoms with Crippen molar-refractivity contribution in [2.24, 2.45) is 0 Å². The first-order valence-corrected chi connectivity index (χ1v) is 6.50. The summed E-state index contributed by atoms with van der Waals surface area (Å²) in [6, 6.07) is 1.95. The number of fused-ring (bicyclic) bond motifs is 1. The normalized spacial score (nSPS) is 11.2. The van der Waals surface area contributed by atoms with Gasteiger partial charge in [0.15, 0.2) is 0 Å². The molecule has 104 valence electrons. The van der Waals surface area contributed by atoms with Crippen molar-refractivity contribution < 1.29 is 0 Å². The van der Waals surface area contributed by atoms with Gasteiger partial charge in [-0.05, 0) is 27.7 Å². The van der Waals surface area contributed by atoms with Gasteiger partial charge in [-0.1, -0.05) is 0 Å². The van der Waals surface area contributed by atoms with E-state index in [1.807, 2.05) is 33.8 Å². The summed E-state index contributed by atoms with van der Waals surface area (Å²) < 4.78 is 1.71. The Morgan fingerprint density at radius 2 is 1.95 bits per heavy atom. The Morgan fingerprint density at radius 3 is 2.65 bits per heavy atom. The molecule has 0 fully saturated rings. The number of nitrogens with zero attached hydrogens (tertiary/aromatic N) is 5. The van der Waals surface area contributed by atoms with Crippen LogP contribution in [0.15, 0.2) is 6.07 Å². The fourth-order valence-electron chi connectivity index (χ4n) is 2.09. The highest BCUT2D eigenvalue weighted by Gasteiger charge is 2.08. The molecular weight excluding hydrogens is 254 g/mol. The van der Waals surface area contributed by atoms with Crippen LogP contribution in [0.1, 0.15) is 28.7 Å². The summed E-state index contributed by atoms with van der Waals surface area (Å²) in [5.41, 5.74) is 3.02. The van der Waals surface area contributed by atoms with Crippen LogP contribution in [-0.2, 0) is 6.54 Å². The summed E-state index contributed by atoms with van der Waals surface area (Å²) in [5, 5.41) is 7.66. The highest BCUT2D eigenvalue weighted by molar-refractivity contribution is 5.45. The second-order valence-electron chi connectivity index (χ2n) is 4.90. The number of hydrogen-bond acceptors (Lipinski definition) is 5. The number of nitrogens with one attached hydrogen (secondary N) is 2. The van der Waals surface area contributed by atoms with Crippen molar-refractivity contribution in [2.45, 2.75) is 34.2 Å². The summed E-state index contributed by atoms with van der Waals surface area (Å²) in [7, 11) is 0. The van der Waals surface area contributed by atoms with Crippen molar-refractivity contribution >= 4 is 11.6 Å². The predicted molar refractivity (Wildman–Crippen MR) is 75.6 cm³/mol. The van der Waals surface area contributed by atoms with Gasteiger partial charge < -0.3 is 10.3 Å². The highest BCUT2D eigenvalue weighted by Crippen LogP contribution is 2.12. The average Bonchev–Trinajstić information content (AvgIpc) is 2.89. The maximum absolute atomic E-state index is 4.45. The molecule has 0 atom stereocenters. The van der Waals surface area contributed by atoms with Crippen molar-refractivity contribution in [3.63, 3.8) is 0 Å². The number of rotatable bonds is 3. The van der Waals surface area contributed by atoms with E-state index in [1.165, 1.54) is 0 Å². The molecular formula is C13H17N7. The molecule has 0 saturated carbocycles. The van der Waals surface area contributed by atoms with Crippen LogP contribution >= 0.6 is 0 Å². The van der Waals surface area contributed by atoms with Gasteiger partial charge in [0.2, 0.25) is 0 Å². The van der Waals surface area contributed by atoms with Gasteiger partial charge in [0.05, 0.1) is 12.2 Å². The van der Waals surface area contributed by atoms with E-state index in [0.29, 0.717) is 18.1 Å². The molecule has 0 saturated heterocycles. The second-order valence-corrected chi connectivity index (χ2v) is 4.90. The quantitative estimate of drug-likeness (QED) is 0.757. The van der Waals surface area contributed by atoms with Crippen molar-refractivity contribution in [1.29, 1.82) is 0 Å². The number of aromatic nitrogens is 6. The van der Waals surface area contributed by atoms with E-state index in [2.05, 4.69) is 30.4 Å². The van der Waals surface area contributed by atoms with E-state index in [4.69, 9.17) is 0 Å². The highest BCUT2D eigenvalue weighted by atomic mass is 15.4. The van der Waals surface area contributed by atoms with Crippen LogP contribution in [0.5, 0.6) is 0 Å². The zero-order valence-electron chi connectivity index (χ0n) is 12.0. The third kappa shape index (κ3) is 2.22. The molecule has 0 spiro atoms. The van der Waals surface area contributed by atoms with Gasteiger partial charge in [0.1, 0.15) is 17.5 Å². The average molecular weight is 271 g/mol. The van der Waals surface area contributed by atoms with Gasteiger partial charge in [0, 0.05) is 17.5 Å². The van der Waals surface area contributed by atoms with E-state index >= 15 is 0 Å². The Labute approximate surface area is 116 Å². The van der Waals surface area contributed by atoms with E-state index in [1.54, 1.807) is 4.52 Å². The number of H-pyrrole nitrogens is 1. The molecule has 3 heterocycles. The van der Waals surface area contributed by atoms with Crippen LogP contribution in [0, 0.1) is 27.7 Å². The number of aromatic amines is 1. The zero-order valence-corrected chi connectivity index (χ0v) is 12.0. The smallest absolute Gasteiger partial charge is 0.254 e. The lowest BCUT2D eigenvalue weighted by Crippen LogP contribution is -2.08. The minimum atomic E-state index is 0.603. The summed E-state index contributed by atoms with van der Waals surface area (Å²) in [5.74, 6) is 3.08. The molecule has 0 aliphatic carbocycles. The lowest BCUT2D eigenvalue weighted by atomic mass is 10.4. The lowest BCUT2D eigenvalue weighted by Gasteiger charge is -2.07. The predicted octanol–water partition coefficient (Wildman–Crippen LogP) is 1.69. The molecule has 0 bridgehead atoms. The van der Waals surface area contributed by atoms with Crippen molar-refractivity contribution in [3.05, 3.63) is 34.8 Å². The van der Waals surface area contributed by atoms with Crippen molar-refractivity contribution in [3.8, 4) is 0 Å². The van der Waals surface area contributed by atoms with Crippen LogP contribution in [0.2, 0.25) is 0 Å². The van der Waals surface area contributed by atoms with Crippen molar-refractivity contribution in [2.75, 3.05) is 5.32 Å². The van der Waals surface area contributed by atoms with Gasteiger partial charge in [-0.2, -0.15) is 9.50 Å². The van der Waals surface area contributed by atoms with Crippen LogP contribution in [0.3, 0.4) is 0 Å². The molecule has 0 aliphatic heterocycles. The number of aryl methyl sites for hydroxylation is 4. The first kappa shape index (κ1) is 12.6. The second kappa shape index (κ2) is 4.59. The van der Waals surface area contributed by atoms with Crippen LogP contribution in [0.25, 0.3) is 5.78 Å². The molecule has 3 aromatic heterocycles. The number of anilines is 1. The van der Waals surface area contributed by atoms with Crippen molar-refractivity contribution in [1.82, 2.24) is 29.5 Å². The minimum Gasteiger partial charge on any atom is -0.363 e. The lowest BCUT2D eigenvalue weighted by molar-refractivity contribution is 0.886. The Hall–Kier alpha value is -2.44. The molecule has 0 unspecified atom stereocenters. The standard InChI is InChI=1S/C13H17N7/c1-7-5-12(20-13(15-7)18-10(4)19-20)14-6-11-16-8(2)9(3)17-11/h5,14H,6H2,1-4H3,(H,16,17). The van der Waals surface area contributed by atoms with Gasteiger partial charge in [-0.3, -0.25) is 0 Å². The van der Waals surface area contributed by atoms with E-state index < -0.39 is 0 Å². The minimum absolute atomic E-state index is 0.603. The van der Waals surface area contributed by atoms with E-state index in [9.17, 15) is 0 Å². The third-order valence-corrected chi connectivity index (χ3v) is 3.16. The summed E-state index contributed by atoms with van der Waals surface area (Å²) in [4.78, 5) is 16.3. The Balaban J connectivity index is 1.90. The Kier molecular flexibility index (Phi) is 2.89. The molecule has 3 aromatic rings. The molecule has 7 nitrogen and oxygen atoms in total. The first-order valence-electron chi connectivity index (χ1n) is 6.50. The number of hydrogen-bond donors (Lipinski definition) is 2. The fraction of sp³-hybridized carbons (Fsp3) is 0.385. The van der Waals surface area contributed by atoms with Gasteiger partial charge in [-0.25, -0.2) is 9.97 Å². The summed E-state index contributed by atoms with van der Waals surface area (Å²) in [6.45, 7) is 8.40. The molecule has 7 heteroatoms. The third-order valence-electron chi connectivity index (χ3n) is 3.16. The fourth-order valence-corrected chi connectivity index (χ4v) is 2.09. The molecule has 0 aromatic carbocycles. The van der Waals surface area contributed by atoms with Crippen LogP contribution in [-0.4, -0.2) is 29.5 Å². The molecule has 0 amide bonds. The zero-order chi connectivity index (χ0) is 14.3. The molecule has 0 radical (unpaired) electrons. The maximum Gasteiger partial charge on any atom is 0.254 e. The Morgan fingerprint density at radius 1 is 1.15 bits per heavy atom. The van der Waals surface area contributed by atoms with Crippen LogP contribution in [0.4, 0.5) is 5.82 Å².